The van der Waals surface area contributed by atoms with Crippen molar-refractivity contribution < 1.29 is 9.53 Å². The first kappa shape index (κ1) is 24.7. The molecule has 2 aliphatic rings. The number of carbonyl (C=O) groups excluding carboxylic acids is 1. The molecule has 2 aliphatic heterocycles. The number of cyclic esters (lactones) is 1. The maximum absolute atomic E-state index is 11.9. The summed E-state index contributed by atoms with van der Waals surface area (Å²) < 4.78 is 5.13. The molecule has 1 atom stereocenters. The van der Waals surface area contributed by atoms with E-state index >= 15 is 0 Å². The van der Waals surface area contributed by atoms with Crippen molar-refractivity contribution >= 4 is 34.9 Å². The summed E-state index contributed by atoms with van der Waals surface area (Å²) in [7, 11) is 0. The minimum atomic E-state index is -0.0817. The second-order valence-corrected chi connectivity index (χ2v) is 9.49. The molecule has 2 saturated heterocycles. The highest BCUT2D eigenvalue weighted by atomic mass is 16.5. The van der Waals surface area contributed by atoms with Crippen molar-refractivity contribution in [3.05, 3.63) is 72.7 Å². The third-order valence-corrected chi connectivity index (χ3v) is 6.84. The van der Waals surface area contributed by atoms with Gasteiger partial charge < -0.3 is 20.3 Å². The lowest BCUT2D eigenvalue weighted by molar-refractivity contribution is -0.142. The van der Waals surface area contributed by atoms with E-state index in [1.54, 1.807) is 24.5 Å². The monoisotopic (exact) mass is 523 g/mol. The Morgan fingerprint density at radius 2 is 1.62 bits per heavy atom. The molecule has 2 fully saturated rings. The van der Waals surface area contributed by atoms with Crippen molar-refractivity contribution in [2.24, 2.45) is 0 Å². The molecule has 39 heavy (non-hydrogen) atoms. The molecule has 0 saturated carbocycles. The van der Waals surface area contributed by atoms with Crippen LogP contribution in [0.4, 0.5) is 29.0 Å². The summed E-state index contributed by atoms with van der Waals surface area (Å²) in [5, 5.41) is 6.49. The number of hydrogen-bond donors (Lipinski definition) is 2. The van der Waals surface area contributed by atoms with Crippen molar-refractivity contribution in [1.29, 1.82) is 0 Å². The molecule has 0 spiro atoms. The Kier molecular flexibility index (Phi) is 6.96. The van der Waals surface area contributed by atoms with Crippen LogP contribution in [-0.2, 0) is 9.53 Å². The van der Waals surface area contributed by atoms with E-state index < -0.39 is 0 Å². The normalized spacial score (nSPS) is 17.6. The summed E-state index contributed by atoms with van der Waals surface area (Å²) in [4.78, 5) is 38.8. The van der Waals surface area contributed by atoms with Crippen LogP contribution in [0.1, 0.15) is 12.1 Å². The van der Waals surface area contributed by atoms with Gasteiger partial charge in [-0.15, -0.1) is 0 Å². The first-order valence-electron chi connectivity index (χ1n) is 13.0. The Labute approximate surface area is 226 Å². The zero-order chi connectivity index (χ0) is 26.6. The summed E-state index contributed by atoms with van der Waals surface area (Å²) in [6.45, 7) is 5.92. The molecule has 198 valence electrons. The number of nitrogens with zero attached hydrogens (tertiary/aromatic N) is 7. The molecular weight excluding hydrogens is 494 g/mol. The number of nitrogens with one attached hydrogen (secondary N) is 2. The van der Waals surface area contributed by atoms with E-state index in [0.29, 0.717) is 35.7 Å². The molecule has 4 aromatic rings. The second kappa shape index (κ2) is 11.0. The molecule has 1 unspecified atom stereocenters. The Morgan fingerprint density at radius 1 is 0.846 bits per heavy atom. The molecule has 3 aromatic heterocycles. The van der Waals surface area contributed by atoms with Gasteiger partial charge in [0.1, 0.15) is 23.4 Å². The van der Waals surface area contributed by atoms with Gasteiger partial charge in [0.25, 0.3) is 0 Å². The number of piperazine rings is 1. The zero-order valence-corrected chi connectivity index (χ0v) is 21.6. The minimum absolute atomic E-state index is 0.0782. The van der Waals surface area contributed by atoms with Gasteiger partial charge in [-0.1, -0.05) is 6.07 Å². The Bertz CT molecular complexity index is 1460. The van der Waals surface area contributed by atoms with Crippen LogP contribution in [0.5, 0.6) is 0 Å². The number of ether oxygens (including phenoxy) is 1. The van der Waals surface area contributed by atoms with Crippen molar-refractivity contribution in [2.75, 3.05) is 48.3 Å². The fourth-order valence-corrected chi connectivity index (χ4v) is 4.83. The number of benzene rings is 1. The largest absolute Gasteiger partial charge is 0.464 e. The van der Waals surface area contributed by atoms with Gasteiger partial charge in [0.2, 0.25) is 5.95 Å². The van der Waals surface area contributed by atoms with E-state index in [1.165, 1.54) is 0 Å². The van der Waals surface area contributed by atoms with Crippen molar-refractivity contribution in [3.8, 4) is 11.5 Å². The van der Waals surface area contributed by atoms with Gasteiger partial charge in [0.05, 0.1) is 6.61 Å². The molecule has 11 heteroatoms. The van der Waals surface area contributed by atoms with E-state index in [2.05, 4.69) is 57.5 Å². The lowest BCUT2D eigenvalue weighted by atomic mass is 10.1. The number of anilines is 5. The van der Waals surface area contributed by atoms with Crippen LogP contribution in [0, 0.1) is 6.92 Å². The first-order valence-corrected chi connectivity index (χ1v) is 13.0. The maximum Gasteiger partial charge on any atom is 0.323 e. The van der Waals surface area contributed by atoms with Crippen molar-refractivity contribution in [3.63, 3.8) is 0 Å². The molecule has 0 radical (unpaired) electrons. The fourth-order valence-electron chi connectivity index (χ4n) is 4.83. The van der Waals surface area contributed by atoms with Crippen LogP contribution in [0.2, 0.25) is 0 Å². The summed E-state index contributed by atoms with van der Waals surface area (Å²) in [5.41, 5.74) is 3.66. The van der Waals surface area contributed by atoms with Crippen LogP contribution in [0.25, 0.3) is 11.5 Å². The lowest BCUT2D eigenvalue weighted by Crippen LogP contribution is -2.51. The van der Waals surface area contributed by atoms with Crippen LogP contribution >= 0.6 is 0 Å². The highest BCUT2D eigenvalue weighted by molar-refractivity contribution is 5.77. The van der Waals surface area contributed by atoms with E-state index in [-0.39, 0.29) is 12.0 Å². The number of aromatic nitrogens is 5. The van der Waals surface area contributed by atoms with Gasteiger partial charge >= 0.3 is 5.97 Å². The summed E-state index contributed by atoms with van der Waals surface area (Å²) >= 11 is 0. The van der Waals surface area contributed by atoms with Gasteiger partial charge in [-0.2, -0.15) is 4.98 Å². The van der Waals surface area contributed by atoms with Crippen LogP contribution < -0.4 is 15.5 Å². The number of pyridine rings is 1. The van der Waals surface area contributed by atoms with E-state index in [9.17, 15) is 4.79 Å². The van der Waals surface area contributed by atoms with E-state index in [4.69, 9.17) is 4.74 Å². The van der Waals surface area contributed by atoms with Crippen LogP contribution in [-0.4, -0.2) is 74.6 Å². The topological polar surface area (TPSA) is 121 Å². The number of aryl methyl sites for hydroxylation is 1. The predicted molar refractivity (Wildman–Crippen MR) is 148 cm³/mol. The molecule has 0 bridgehead atoms. The number of esters is 1. The van der Waals surface area contributed by atoms with Gasteiger partial charge in [-0.25, -0.2) is 19.9 Å². The molecule has 6 rings (SSSR count). The molecule has 2 N–H and O–H groups in total. The zero-order valence-electron chi connectivity index (χ0n) is 21.6. The Hall–Kier alpha value is -4.64. The highest BCUT2D eigenvalue weighted by Crippen LogP contribution is 2.24. The SMILES string of the molecule is Cc1cccc(-c2nccc(Nc3ccnc(Nc4ccc(N5CCN(C6CCOC6=O)CC5)cc4)n3)n2)n1. The van der Waals surface area contributed by atoms with Crippen molar-refractivity contribution in [1.82, 2.24) is 29.8 Å². The molecule has 1 aromatic carbocycles. The molecule has 5 heterocycles. The number of carbonyl (C=O) groups is 1. The lowest BCUT2D eigenvalue weighted by Gasteiger charge is -2.37. The second-order valence-electron chi connectivity index (χ2n) is 9.49. The average Bonchev–Trinajstić information content (AvgIpc) is 3.40. The standard InChI is InChI=1S/C28H29N9O2/c1-19-3-2-4-22(31-19)26-29-12-9-24(34-26)33-25-10-13-30-28(35-25)32-20-5-7-21(8-6-20)36-14-16-37(17-15-36)23-11-18-39-27(23)38/h2-10,12-13,23H,11,14-18H2,1H3,(H2,29,30,32,33,34,35). The third-order valence-electron chi connectivity index (χ3n) is 6.84. The van der Waals surface area contributed by atoms with Gasteiger partial charge in [-0.3, -0.25) is 9.69 Å². The molecule has 0 amide bonds. The summed E-state index contributed by atoms with van der Waals surface area (Å²) in [5.74, 6) is 2.15. The molecular formula is C28H29N9O2. The minimum Gasteiger partial charge on any atom is -0.464 e. The first-order chi connectivity index (χ1) is 19.1. The van der Waals surface area contributed by atoms with Crippen molar-refractivity contribution in [2.45, 2.75) is 19.4 Å². The van der Waals surface area contributed by atoms with E-state index in [1.807, 2.05) is 37.3 Å². The predicted octanol–water partition coefficient (Wildman–Crippen LogP) is 3.56. The van der Waals surface area contributed by atoms with E-state index in [0.717, 1.165) is 49.7 Å². The number of hydrogen-bond acceptors (Lipinski definition) is 11. The van der Waals surface area contributed by atoms with Gasteiger partial charge in [-0.05, 0) is 55.5 Å². The maximum atomic E-state index is 11.9. The highest BCUT2D eigenvalue weighted by Gasteiger charge is 2.34. The van der Waals surface area contributed by atoms with Gasteiger partial charge in [0, 0.05) is 62.1 Å². The molecule has 11 nitrogen and oxygen atoms in total. The quantitative estimate of drug-likeness (QED) is 0.346. The number of rotatable bonds is 7. The molecule has 0 aliphatic carbocycles. The smallest absolute Gasteiger partial charge is 0.323 e. The Balaban J connectivity index is 1.07. The Morgan fingerprint density at radius 3 is 2.36 bits per heavy atom. The summed E-state index contributed by atoms with van der Waals surface area (Å²) in [6, 6.07) is 17.5. The average molecular weight is 524 g/mol. The third kappa shape index (κ3) is 5.78. The van der Waals surface area contributed by atoms with Crippen LogP contribution in [0.3, 0.4) is 0 Å². The fraction of sp³-hybridized carbons (Fsp3) is 0.286. The van der Waals surface area contributed by atoms with Crippen LogP contribution in [0.15, 0.2) is 67.0 Å². The summed E-state index contributed by atoms with van der Waals surface area (Å²) in [6.07, 6.45) is 4.18. The van der Waals surface area contributed by atoms with Gasteiger partial charge in [0.15, 0.2) is 5.82 Å².